The van der Waals surface area contributed by atoms with Gasteiger partial charge in [0, 0.05) is 31.6 Å². The summed E-state index contributed by atoms with van der Waals surface area (Å²) in [5.74, 6) is 0.185. The minimum absolute atomic E-state index is 0.223. The molecule has 1 atom stereocenters. The Balaban J connectivity index is 2.04. The molecule has 36 heavy (non-hydrogen) atoms. The number of rotatable bonds is 13. The van der Waals surface area contributed by atoms with Gasteiger partial charge in [0.1, 0.15) is 17.6 Å². The van der Waals surface area contributed by atoms with Crippen molar-refractivity contribution >= 4 is 34.8 Å². The molecule has 0 saturated heterocycles. The second-order valence-electron chi connectivity index (χ2n) is 8.11. The first-order chi connectivity index (χ1) is 17.3. The van der Waals surface area contributed by atoms with Crippen molar-refractivity contribution in [1.29, 1.82) is 0 Å². The molecule has 10 heteroatoms. The van der Waals surface area contributed by atoms with E-state index in [1.807, 2.05) is 32.0 Å². The molecule has 1 amide bonds. The average Bonchev–Trinajstić information content (AvgIpc) is 2.87. The number of halogens is 2. The summed E-state index contributed by atoms with van der Waals surface area (Å²) < 4.78 is 11.2. The van der Waals surface area contributed by atoms with Crippen molar-refractivity contribution in [1.82, 2.24) is 15.6 Å². The van der Waals surface area contributed by atoms with Gasteiger partial charge in [-0.15, -0.1) is 0 Å². The Morgan fingerprint density at radius 1 is 1.22 bits per heavy atom. The number of aromatic nitrogens is 1. The van der Waals surface area contributed by atoms with E-state index in [0.717, 1.165) is 16.7 Å². The van der Waals surface area contributed by atoms with Crippen LogP contribution in [-0.4, -0.2) is 43.5 Å². The van der Waals surface area contributed by atoms with Crippen LogP contribution in [0.4, 0.5) is 0 Å². The minimum atomic E-state index is -0.382. The van der Waals surface area contributed by atoms with Crippen molar-refractivity contribution in [2.24, 2.45) is 10.7 Å². The summed E-state index contributed by atoms with van der Waals surface area (Å²) in [5.41, 5.74) is 9.18. The van der Waals surface area contributed by atoms with E-state index >= 15 is 0 Å². The van der Waals surface area contributed by atoms with E-state index in [-0.39, 0.29) is 30.9 Å². The van der Waals surface area contributed by atoms with E-state index in [2.05, 4.69) is 20.6 Å². The third kappa shape index (κ3) is 9.28. The number of nitrogens with one attached hydrogen (secondary N) is 2. The summed E-state index contributed by atoms with van der Waals surface area (Å²) in [7, 11) is 1.61. The van der Waals surface area contributed by atoms with Gasteiger partial charge in [0.15, 0.2) is 0 Å². The highest BCUT2D eigenvalue weighted by Crippen LogP contribution is 2.22. The molecule has 0 aliphatic rings. The number of benzene rings is 1. The number of carbonyl (C=O) groups is 1. The molecule has 194 valence electrons. The maximum Gasteiger partial charge on any atom is 0.275 e. The van der Waals surface area contributed by atoms with E-state index in [4.69, 9.17) is 38.4 Å². The second kappa shape index (κ2) is 15.3. The number of ether oxygens (including phenoxy) is 2. The molecule has 4 N–H and O–H groups in total. The number of methoxy groups -OCH3 is 1. The number of nitrogens with zero attached hydrogens (tertiary/aromatic N) is 2. The molecule has 0 spiro atoms. The molecule has 0 bridgehead atoms. The number of pyridine rings is 1. The molecule has 1 aromatic heterocycles. The van der Waals surface area contributed by atoms with Crippen LogP contribution in [0.5, 0.6) is 0 Å². The van der Waals surface area contributed by atoms with Crippen LogP contribution in [0.1, 0.15) is 38.0 Å². The van der Waals surface area contributed by atoms with Gasteiger partial charge >= 0.3 is 0 Å². The Morgan fingerprint density at radius 2 is 2.00 bits per heavy atom. The predicted molar refractivity (Wildman–Crippen MR) is 145 cm³/mol. The number of allylic oxidation sites excluding steroid dienone is 1. The van der Waals surface area contributed by atoms with Crippen molar-refractivity contribution in [2.45, 2.75) is 33.4 Å². The molecule has 2 aromatic rings. The summed E-state index contributed by atoms with van der Waals surface area (Å²) in [6.45, 7) is 6.87. The fourth-order valence-electron chi connectivity index (χ4n) is 3.12. The zero-order chi connectivity index (χ0) is 26.5. The lowest BCUT2D eigenvalue weighted by Crippen LogP contribution is -2.37. The van der Waals surface area contributed by atoms with E-state index < -0.39 is 0 Å². The van der Waals surface area contributed by atoms with Crippen LogP contribution >= 0.6 is 23.2 Å². The smallest absolute Gasteiger partial charge is 0.275 e. The zero-order valence-corrected chi connectivity index (χ0v) is 22.5. The molecule has 1 aromatic carbocycles. The molecule has 0 aliphatic carbocycles. The highest BCUT2D eigenvalue weighted by Gasteiger charge is 2.16. The van der Waals surface area contributed by atoms with Crippen LogP contribution in [0, 0.1) is 0 Å². The third-order valence-electron chi connectivity index (χ3n) is 5.08. The Labute approximate surface area is 222 Å². The van der Waals surface area contributed by atoms with Crippen LogP contribution in [-0.2, 0) is 20.8 Å². The van der Waals surface area contributed by atoms with Gasteiger partial charge < -0.3 is 25.8 Å². The van der Waals surface area contributed by atoms with E-state index in [1.165, 1.54) is 6.20 Å². The monoisotopic (exact) mass is 533 g/mol. The van der Waals surface area contributed by atoms with E-state index in [0.29, 0.717) is 34.6 Å². The van der Waals surface area contributed by atoms with Crippen molar-refractivity contribution in [3.05, 3.63) is 87.1 Å². The topological polar surface area (TPSA) is 111 Å². The van der Waals surface area contributed by atoms with Gasteiger partial charge in [0.2, 0.25) is 0 Å². The number of carbonyl (C=O) groups excluding carboxylic acids is 1. The normalized spacial score (nSPS) is 12.7. The average molecular weight is 534 g/mol. The van der Waals surface area contributed by atoms with Crippen molar-refractivity contribution in [2.75, 3.05) is 26.9 Å². The summed E-state index contributed by atoms with van der Waals surface area (Å²) >= 11 is 12.1. The fourth-order valence-corrected chi connectivity index (χ4v) is 3.44. The van der Waals surface area contributed by atoms with Crippen LogP contribution in [0.15, 0.2) is 70.9 Å². The lowest BCUT2D eigenvalue weighted by Gasteiger charge is -2.17. The molecular weight excluding hydrogens is 501 g/mol. The molecule has 0 aliphatic heterocycles. The lowest BCUT2D eigenvalue weighted by atomic mass is 10.1. The molecule has 0 fully saturated rings. The Bertz CT molecular complexity index is 1100. The van der Waals surface area contributed by atoms with E-state index in [9.17, 15) is 4.79 Å². The molecular formula is C26H33Cl2N5O3. The van der Waals surface area contributed by atoms with Gasteiger partial charge in [-0.25, -0.2) is 0 Å². The van der Waals surface area contributed by atoms with Gasteiger partial charge in [0.05, 0.1) is 29.8 Å². The van der Waals surface area contributed by atoms with Crippen molar-refractivity contribution in [3.8, 4) is 0 Å². The van der Waals surface area contributed by atoms with Gasteiger partial charge in [-0.3, -0.25) is 14.8 Å². The summed E-state index contributed by atoms with van der Waals surface area (Å²) in [5, 5.41) is 7.09. The van der Waals surface area contributed by atoms with Gasteiger partial charge in [0.25, 0.3) is 5.91 Å². The van der Waals surface area contributed by atoms with Crippen molar-refractivity contribution < 1.29 is 14.3 Å². The Kier molecular flexibility index (Phi) is 12.4. The fraction of sp³-hybridized carbons (Fsp3) is 0.346. The van der Waals surface area contributed by atoms with E-state index in [1.54, 1.807) is 38.6 Å². The SMILES string of the molecule is COCC(OCCN=C(C(=O)NC(NCc1ccc(Cl)c(Cl)c1)=C(C)C)C(C)=CN)c1cccnc1. The zero-order valence-electron chi connectivity index (χ0n) is 21.0. The first-order valence-corrected chi connectivity index (χ1v) is 12.1. The van der Waals surface area contributed by atoms with Gasteiger partial charge in [-0.2, -0.15) is 0 Å². The number of nitrogens with two attached hydrogens (primary N) is 1. The number of hydrogen-bond donors (Lipinski definition) is 3. The molecule has 2 rings (SSSR count). The molecule has 0 saturated carbocycles. The van der Waals surface area contributed by atoms with Gasteiger partial charge in [-0.05, 0) is 61.9 Å². The standard InChI is InChI=1S/C26H33Cl2N5O3/c1-17(2)25(32-14-19-7-8-21(27)22(28)12-19)33-26(34)24(18(3)13-29)31-10-11-36-23(16-35-4)20-6-5-9-30-15-20/h5-9,12-13,15,23,32H,10-11,14,16,29H2,1-4H3,(H,33,34). The maximum absolute atomic E-state index is 13.1. The highest BCUT2D eigenvalue weighted by molar-refractivity contribution is 6.45. The summed E-state index contributed by atoms with van der Waals surface area (Å²) in [4.78, 5) is 21.7. The highest BCUT2D eigenvalue weighted by atomic mass is 35.5. The molecule has 0 radical (unpaired) electrons. The van der Waals surface area contributed by atoms with Crippen molar-refractivity contribution in [3.63, 3.8) is 0 Å². The maximum atomic E-state index is 13.1. The molecule has 1 unspecified atom stereocenters. The predicted octanol–water partition coefficient (Wildman–Crippen LogP) is 4.55. The Morgan fingerprint density at radius 3 is 2.61 bits per heavy atom. The van der Waals surface area contributed by atoms with Crippen LogP contribution in [0.3, 0.4) is 0 Å². The molecule has 8 nitrogen and oxygen atoms in total. The third-order valence-corrected chi connectivity index (χ3v) is 5.82. The first kappa shape index (κ1) is 29.3. The Hall–Kier alpha value is -2.91. The summed E-state index contributed by atoms with van der Waals surface area (Å²) in [6.07, 6.45) is 4.50. The second-order valence-corrected chi connectivity index (χ2v) is 8.93. The number of aliphatic imine (C=N–C) groups is 1. The van der Waals surface area contributed by atoms with Crippen LogP contribution in [0.2, 0.25) is 10.0 Å². The van der Waals surface area contributed by atoms with Gasteiger partial charge in [-0.1, -0.05) is 35.3 Å². The molecule has 1 heterocycles. The number of amides is 1. The lowest BCUT2D eigenvalue weighted by molar-refractivity contribution is -0.114. The minimum Gasteiger partial charge on any atom is -0.404 e. The van der Waals surface area contributed by atoms with Crippen LogP contribution < -0.4 is 16.4 Å². The van der Waals surface area contributed by atoms with Crippen LogP contribution in [0.25, 0.3) is 0 Å². The summed E-state index contributed by atoms with van der Waals surface area (Å²) in [6, 6.07) is 9.13. The quantitative estimate of drug-likeness (QED) is 0.257. The first-order valence-electron chi connectivity index (χ1n) is 11.4. The number of hydrogen-bond acceptors (Lipinski definition) is 7. The largest absolute Gasteiger partial charge is 0.404 e.